The normalized spacial score (nSPS) is 20.0. The van der Waals surface area contributed by atoms with Crippen LogP contribution in [0.3, 0.4) is 0 Å². The lowest BCUT2D eigenvalue weighted by molar-refractivity contribution is -0.189. The largest absolute Gasteiger partial charge is 0.393 e. The summed E-state index contributed by atoms with van der Waals surface area (Å²) in [7, 11) is 0. The van der Waals surface area contributed by atoms with Crippen molar-refractivity contribution in [1.82, 2.24) is 15.1 Å². The van der Waals surface area contributed by atoms with E-state index in [9.17, 15) is 22.8 Å². The molecule has 28 heavy (non-hydrogen) atoms. The molecule has 2 unspecified atom stereocenters. The van der Waals surface area contributed by atoms with E-state index < -0.39 is 29.8 Å². The van der Waals surface area contributed by atoms with Crippen molar-refractivity contribution in [3.63, 3.8) is 0 Å². The van der Waals surface area contributed by atoms with Gasteiger partial charge in [0.05, 0.1) is 28.6 Å². The van der Waals surface area contributed by atoms with Crippen LogP contribution in [-0.2, 0) is 4.79 Å². The fourth-order valence-electron chi connectivity index (χ4n) is 3.83. The molecule has 1 amide bonds. The van der Waals surface area contributed by atoms with Crippen LogP contribution >= 0.6 is 0 Å². The molecule has 150 valence electrons. The third-order valence-corrected chi connectivity index (χ3v) is 5.23. The number of halogens is 3. The predicted molar refractivity (Wildman–Crippen MR) is 97.3 cm³/mol. The minimum atomic E-state index is -4.40. The van der Waals surface area contributed by atoms with Crippen LogP contribution in [-0.4, -0.2) is 33.7 Å². The first-order valence-electron chi connectivity index (χ1n) is 9.23. The molecule has 1 aliphatic rings. The number of carbonyl (C=O) groups excluding carboxylic acids is 2. The maximum absolute atomic E-state index is 13.2. The first-order chi connectivity index (χ1) is 13.2. The third-order valence-electron chi connectivity index (χ3n) is 5.23. The van der Waals surface area contributed by atoms with Crippen molar-refractivity contribution < 1.29 is 22.8 Å². The molecule has 0 saturated heterocycles. The van der Waals surface area contributed by atoms with E-state index in [1.54, 1.807) is 18.5 Å². The number of benzene rings is 1. The molecule has 5 nitrogen and oxygen atoms in total. The van der Waals surface area contributed by atoms with Crippen LogP contribution in [0.5, 0.6) is 0 Å². The van der Waals surface area contributed by atoms with Crippen molar-refractivity contribution in [2.75, 3.05) is 0 Å². The summed E-state index contributed by atoms with van der Waals surface area (Å²) in [5.41, 5.74) is 1.69. The number of para-hydroxylation sites is 1. The molecule has 0 radical (unpaired) electrons. The standard InChI is InChI=1S/C20H22F3N3O2/c1-12-17(13(2)26(25-12)14-8-4-3-5-9-14)18(27)19(28)24-16-11-7-6-10-15(16)20(21,22)23/h3-5,8-9,15-16H,6-7,10-11H2,1-2H3,(H,24,28). The Hall–Kier alpha value is -2.64. The van der Waals surface area contributed by atoms with Gasteiger partial charge in [-0.3, -0.25) is 9.59 Å². The van der Waals surface area contributed by atoms with Gasteiger partial charge in [-0.25, -0.2) is 4.68 Å². The van der Waals surface area contributed by atoms with Crippen LogP contribution in [0.4, 0.5) is 13.2 Å². The van der Waals surface area contributed by atoms with Crippen molar-refractivity contribution in [1.29, 1.82) is 0 Å². The van der Waals surface area contributed by atoms with Gasteiger partial charge in [-0.2, -0.15) is 18.3 Å². The van der Waals surface area contributed by atoms with E-state index in [0.717, 1.165) is 5.69 Å². The number of nitrogens with one attached hydrogen (secondary N) is 1. The highest BCUT2D eigenvalue weighted by molar-refractivity contribution is 6.43. The minimum Gasteiger partial charge on any atom is -0.346 e. The van der Waals surface area contributed by atoms with Crippen LogP contribution in [0.25, 0.3) is 5.69 Å². The molecule has 0 bridgehead atoms. The number of hydrogen-bond acceptors (Lipinski definition) is 3. The molecular formula is C20H22F3N3O2. The molecule has 1 N–H and O–H groups in total. The molecule has 1 aromatic heterocycles. The number of nitrogens with zero attached hydrogens (tertiary/aromatic N) is 2. The lowest BCUT2D eigenvalue weighted by Crippen LogP contribution is -2.49. The monoisotopic (exact) mass is 393 g/mol. The number of alkyl halides is 3. The van der Waals surface area contributed by atoms with Crippen molar-refractivity contribution in [2.24, 2.45) is 5.92 Å². The minimum absolute atomic E-state index is 0.0351. The summed E-state index contributed by atoms with van der Waals surface area (Å²) >= 11 is 0. The molecule has 8 heteroatoms. The number of aromatic nitrogens is 2. The van der Waals surface area contributed by atoms with Crippen molar-refractivity contribution in [2.45, 2.75) is 51.7 Å². The number of amides is 1. The summed E-state index contributed by atoms with van der Waals surface area (Å²) in [6, 6.07) is 8.03. The van der Waals surface area contributed by atoms with E-state index in [2.05, 4.69) is 10.4 Å². The van der Waals surface area contributed by atoms with Crippen LogP contribution in [0.2, 0.25) is 0 Å². The SMILES string of the molecule is Cc1nn(-c2ccccc2)c(C)c1C(=O)C(=O)NC1CCCCC1C(F)(F)F. The highest BCUT2D eigenvalue weighted by atomic mass is 19.4. The quantitative estimate of drug-likeness (QED) is 0.633. The molecule has 0 aliphatic heterocycles. The van der Waals surface area contributed by atoms with Gasteiger partial charge in [0.25, 0.3) is 11.7 Å². The molecule has 2 atom stereocenters. The molecule has 0 spiro atoms. The highest BCUT2D eigenvalue weighted by Crippen LogP contribution is 2.37. The molecule has 1 fully saturated rings. The Balaban J connectivity index is 1.82. The summed E-state index contributed by atoms with van der Waals surface area (Å²) in [6.45, 7) is 3.26. The Morgan fingerprint density at radius 1 is 1.11 bits per heavy atom. The Morgan fingerprint density at radius 3 is 2.39 bits per heavy atom. The number of rotatable bonds is 4. The summed E-state index contributed by atoms with van der Waals surface area (Å²) < 4.78 is 41.3. The zero-order chi connectivity index (χ0) is 20.5. The number of carbonyl (C=O) groups is 2. The van der Waals surface area contributed by atoms with E-state index in [0.29, 0.717) is 24.2 Å². The van der Waals surface area contributed by atoms with Gasteiger partial charge in [0.2, 0.25) is 0 Å². The third kappa shape index (κ3) is 3.95. The number of ketones is 1. The Kier molecular flexibility index (Phi) is 5.58. The lowest BCUT2D eigenvalue weighted by atomic mass is 9.84. The summed E-state index contributed by atoms with van der Waals surface area (Å²) in [6.07, 6.45) is -3.16. The van der Waals surface area contributed by atoms with Crippen LogP contribution in [0.15, 0.2) is 30.3 Å². The number of aryl methyl sites for hydroxylation is 1. The molecular weight excluding hydrogens is 371 g/mol. The van der Waals surface area contributed by atoms with Crippen molar-refractivity contribution in [3.05, 3.63) is 47.3 Å². The zero-order valence-corrected chi connectivity index (χ0v) is 15.7. The van der Waals surface area contributed by atoms with Gasteiger partial charge in [-0.1, -0.05) is 31.0 Å². The smallest absolute Gasteiger partial charge is 0.346 e. The van der Waals surface area contributed by atoms with E-state index in [-0.39, 0.29) is 18.4 Å². The maximum atomic E-state index is 13.2. The van der Waals surface area contributed by atoms with Crippen LogP contribution < -0.4 is 5.32 Å². The molecule has 1 aromatic carbocycles. The molecule has 1 heterocycles. The highest BCUT2D eigenvalue weighted by Gasteiger charge is 2.46. The number of Topliss-reactive ketones (excluding diaryl/α,β-unsaturated/α-hetero) is 1. The Bertz CT molecular complexity index is 875. The van der Waals surface area contributed by atoms with Crippen molar-refractivity contribution >= 4 is 11.7 Å². The van der Waals surface area contributed by atoms with Gasteiger partial charge >= 0.3 is 6.18 Å². The summed E-state index contributed by atoms with van der Waals surface area (Å²) in [4.78, 5) is 25.2. The first-order valence-corrected chi connectivity index (χ1v) is 9.23. The van der Waals surface area contributed by atoms with E-state index in [4.69, 9.17) is 0 Å². The molecule has 3 rings (SSSR count). The average molecular weight is 393 g/mol. The fourth-order valence-corrected chi connectivity index (χ4v) is 3.83. The van der Waals surface area contributed by atoms with E-state index in [1.807, 2.05) is 30.3 Å². The van der Waals surface area contributed by atoms with Gasteiger partial charge < -0.3 is 5.32 Å². The lowest BCUT2D eigenvalue weighted by Gasteiger charge is -2.33. The second-order valence-corrected chi connectivity index (χ2v) is 7.13. The van der Waals surface area contributed by atoms with E-state index in [1.165, 1.54) is 0 Å². The van der Waals surface area contributed by atoms with Gasteiger partial charge in [0, 0.05) is 6.04 Å². The fraction of sp³-hybridized carbons (Fsp3) is 0.450. The second kappa shape index (κ2) is 7.77. The zero-order valence-electron chi connectivity index (χ0n) is 15.7. The van der Waals surface area contributed by atoms with Crippen LogP contribution in [0.1, 0.15) is 47.4 Å². The van der Waals surface area contributed by atoms with Gasteiger partial charge in [-0.15, -0.1) is 0 Å². The molecule has 1 saturated carbocycles. The van der Waals surface area contributed by atoms with E-state index >= 15 is 0 Å². The maximum Gasteiger partial charge on any atom is 0.393 e. The predicted octanol–water partition coefficient (Wildman–Crippen LogP) is 3.91. The molecule has 2 aromatic rings. The Labute approximate surface area is 160 Å². The Morgan fingerprint density at radius 2 is 1.75 bits per heavy atom. The average Bonchev–Trinajstić information content (AvgIpc) is 2.95. The van der Waals surface area contributed by atoms with Gasteiger partial charge in [0.1, 0.15) is 0 Å². The summed E-state index contributed by atoms with van der Waals surface area (Å²) in [5, 5.41) is 6.65. The van der Waals surface area contributed by atoms with Crippen molar-refractivity contribution in [3.8, 4) is 5.69 Å². The number of hydrogen-bond donors (Lipinski definition) is 1. The molecule has 1 aliphatic carbocycles. The first kappa shape index (κ1) is 20.1. The van der Waals surface area contributed by atoms with Crippen LogP contribution in [0, 0.1) is 19.8 Å². The van der Waals surface area contributed by atoms with Gasteiger partial charge in [-0.05, 0) is 38.8 Å². The topological polar surface area (TPSA) is 64.0 Å². The van der Waals surface area contributed by atoms with Gasteiger partial charge in [0.15, 0.2) is 0 Å². The summed E-state index contributed by atoms with van der Waals surface area (Å²) in [5.74, 6) is -3.49. The second-order valence-electron chi connectivity index (χ2n) is 7.13.